The Bertz CT molecular complexity index is 595. The van der Waals surface area contributed by atoms with Gasteiger partial charge in [0.1, 0.15) is 5.82 Å². The summed E-state index contributed by atoms with van der Waals surface area (Å²) < 4.78 is 0. The van der Waals surface area contributed by atoms with Crippen LogP contribution < -0.4 is 11.3 Å². The third-order valence-corrected chi connectivity index (χ3v) is 3.01. The van der Waals surface area contributed by atoms with Crippen LogP contribution in [0.25, 0.3) is 0 Å². The van der Waals surface area contributed by atoms with E-state index in [9.17, 15) is 9.90 Å². The number of rotatable bonds is 3. The fourth-order valence-corrected chi connectivity index (χ4v) is 2.08. The fraction of sp³-hybridized carbons (Fsp3) is 0.182. The van der Waals surface area contributed by atoms with Gasteiger partial charge in [0, 0.05) is 17.2 Å². The van der Waals surface area contributed by atoms with Crippen molar-refractivity contribution in [1.82, 2.24) is 15.0 Å². The van der Waals surface area contributed by atoms with Crippen LogP contribution in [0.5, 0.6) is 0 Å². The zero-order chi connectivity index (χ0) is 13.1. The molecule has 0 unspecified atom stereocenters. The monoisotopic (exact) mass is 264 g/mol. The van der Waals surface area contributed by atoms with Gasteiger partial charge in [-0.05, 0) is 19.1 Å². The number of nitrogens with one attached hydrogen (secondary N) is 1. The molecule has 0 fully saturated rings. The van der Waals surface area contributed by atoms with Crippen molar-refractivity contribution in [3.63, 3.8) is 0 Å². The van der Waals surface area contributed by atoms with Gasteiger partial charge in [-0.3, -0.25) is 9.78 Å². The van der Waals surface area contributed by atoms with Gasteiger partial charge in [0.05, 0.1) is 11.8 Å². The molecule has 2 heterocycles. The minimum absolute atomic E-state index is 0.176. The normalized spacial score (nSPS) is 12.3. The number of H-pyrrole nitrogens is 1. The fourth-order valence-electron chi connectivity index (χ4n) is 1.31. The van der Waals surface area contributed by atoms with Gasteiger partial charge in [-0.1, -0.05) is 11.8 Å². The van der Waals surface area contributed by atoms with Crippen molar-refractivity contribution in [2.45, 2.75) is 23.1 Å². The van der Waals surface area contributed by atoms with Crippen LogP contribution in [0.3, 0.4) is 0 Å². The quantitative estimate of drug-likeness (QED) is 0.713. The van der Waals surface area contributed by atoms with Crippen LogP contribution in [-0.2, 0) is 0 Å². The molecule has 0 aliphatic rings. The van der Waals surface area contributed by atoms with Crippen LogP contribution in [0.1, 0.15) is 18.7 Å². The van der Waals surface area contributed by atoms with Crippen LogP contribution in [0.4, 0.5) is 5.82 Å². The lowest BCUT2D eigenvalue weighted by Gasteiger charge is -2.04. The lowest BCUT2D eigenvalue weighted by Crippen LogP contribution is -2.09. The van der Waals surface area contributed by atoms with Gasteiger partial charge in [-0.2, -0.15) is 0 Å². The molecule has 2 aromatic rings. The number of nitrogens with two attached hydrogens (primary N) is 1. The molecule has 94 valence electrons. The molecule has 6 nitrogen and oxygen atoms in total. The van der Waals surface area contributed by atoms with E-state index in [-0.39, 0.29) is 11.4 Å². The van der Waals surface area contributed by atoms with Gasteiger partial charge in [0.2, 0.25) is 0 Å². The molecule has 0 aliphatic heterocycles. The lowest BCUT2D eigenvalue weighted by molar-refractivity contribution is 0.194. The Hall–Kier alpha value is -1.86. The zero-order valence-corrected chi connectivity index (χ0v) is 10.4. The summed E-state index contributed by atoms with van der Waals surface area (Å²) in [5, 5.41) is 9.74. The first-order valence-electron chi connectivity index (χ1n) is 5.23. The summed E-state index contributed by atoms with van der Waals surface area (Å²) in [6.45, 7) is 1.64. The second-order valence-corrected chi connectivity index (χ2v) is 4.73. The standard InChI is InChI=1S/C11H12N4O2S/c1-6(16)8-3-2-7(5-13-8)18-11-14-9(12)4-10(17)15-11/h2-6,16H,1H3,(H3,12,14,15,17)/t6-/m1/s1. The van der Waals surface area contributed by atoms with Gasteiger partial charge in [0.15, 0.2) is 5.16 Å². The molecule has 0 saturated heterocycles. The number of nitrogens with zero attached hydrogens (tertiary/aromatic N) is 2. The number of hydrogen-bond acceptors (Lipinski definition) is 6. The predicted octanol–water partition coefficient (Wildman–Crippen LogP) is 0.952. The van der Waals surface area contributed by atoms with Crippen LogP contribution in [-0.4, -0.2) is 20.1 Å². The number of aromatic amines is 1. The molecule has 0 bridgehead atoms. The Morgan fingerprint density at radius 2 is 2.28 bits per heavy atom. The molecule has 0 spiro atoms. The van der Waals surface area contributed by atoms with Crippen LogP contribution in [0.15, 0.2) is 39.2 Å². The van der Waals surface area contributed by atoms with E-state index in [1.807, 2.05) is 0 Å². The Morgan fingerprint density at radius 3 is 2.83 bits per heavy atom. The van der Waals surface area contributed by atoms with Gasteiger partial charge in [-0.25, -0.2) is 4.98 Å². The number of hydrogen-bond donors (Lipinski definition) is 3. The number of aliphatic hydroxyl groups excluding tert-OH is 1. The smallest absolute Gasteiger partial charge is 0.253 e. The lowest BCUT2D eigenvalue weighted by atomic mass is 10.2. The van der Waals surface area contributed by atoms with Gasteiger partial charge < -0.3 is 15.8 Å². The Labute approximate surface area is 107 Å². The van der Waals surface area contributed by atoms with Crippen LogP contribution in [0, 0.1) is 0 Å². The van der Waals surface area contributed by atoms with Crippen LogP contribution >= 0.6 is 11.8 Å². The summed E-state index contributed by atoms with van der Waals surface area (Å²) in [5.41, 5.74) is 5.78. The van der Waals surface area contributed by atoms with E-state index in [1.54, 1.807) is 25.3 Å². The van der Waals surface area contributed by atoms with Gasteiger partial charge in [0.25, 0.3) is 5.56 Å². The maximum Gasteiger partial charge on any atom is 0.253 e. The molecule has 4 N–H and O–H groups in total. The highest BCUT2D eigenvalue weighted by molar-refractivity contribution is 7.99. The number of anilines is 1. The van der Waals surface area contributed by atoms with E-state index >= 15 is 0 Å². The molecule has 0 aliphatic carbocycles. The first kappa shape index (κ1) is 12.6. The summed E-state index contributed by atoms with van der Waals surface area (Å²) in [7, 11) is 0. The van der Waals surface area contributed by atoms with Crippen molar-refractivity contribution in [2.75, 3.05) is 5.73 Å². The van der Waals surface area contributed by atoms with E-state index < -0.39 is 6.10 Å². The molecule has 1 atom stereocenters. The molecule has 0 aromatic carbocycles. The Kier molecular flexibility index (Phi) is 3.63. The number of aliphatic hydroxyl groups is 1. The number of pyridine rings is 1. The molecule has 7 heteroatoms. The highest BCUT2D eigenvalue weighted by Gasteiger charge is 2.05. The third-order valence-electron chi connectivity index (χ3n) is 2.14. The summed E-state index contributed by atoms with van der Waals surface area (Å²) in [4.78, 5) is 22.7. The van der Waals surface area contributed by atoms with Crippen molar-refractivity contribution in [3.8, 4) is 0 Å². The largest absolute Gasteiger partial charge is 0.387 e. The molecular formula is C11H12N4O2S. The molecule has 0 radical (unpaired) electrons. The average Bonchev–Trinajstić information content (AvgIpc) is 2.28. The molecular weight excluding hydrogens is 252 g/mol. The SMILES string of the molecule is C[C@@H](O)c1ccc(Sc2nc(N)cc(=O)[nH]2)cn1. The average molecular weight is 264 g/mol. The highest BCUT2D eigenvalue weighted by atomic mass is 32.2. The van der Waals surface area contributed by atoms with E-state index in [0.717, 1.165) is 4.90 Å². The topological polar surface area (TPSA) is 105 Å². The summed E-state index contributed by atoms with van der Waals surface area (Å²) in [6, 6.07) is 4.74. The minimum Gasteiger partial charge on any atom is -0.387 e. The molecule has 2 rings (SSSR count). The minimum atomic E-state index is -0.602. The molecule has 0 saturated carbocycles. The molecule has 2 aromatic heterocycles. The van der Waals surface area contributed by atoms with E-state index in [4.69, 9.17) is 5.73 Å². The maximum absolute atomic E-state index is 11.2. The maximum atomic E-state index is 11.2. The summed E-state index contributed by atoms with van der Waals surface area (Å²) in [6.07, 6.45) is 1.00. The van der Waals surface area contributed by atoms with Crippen molar-refractivity contribution in [3.05, 3.63) is 40.4 Å². The summed E-state index contributed by atoms with van der Waals surface area (Å²) >= 11 is 1.25. The van der Waals surface area contributed by atoms with E-state index in [1.165, 1.54) is 17.8 Å². The molecule has 18 heavy (non-hydrogen) atoms. The Balaban J connectivity index is 2.20. The first-order chi connectivity index (χ1) is 8.54. The second-order valence-electron chi connectivity index (χ2n) is 3.67. The number of nitrogen functional groups attached to an aromatic ring is 1. The third kappa shape index (κ3) is 3.08. The summed E-state index contributed by atoms with van der Waals surface area (Å²) in [5.74, 6) is 0.176. The van der Waals surface area contributed by atoms with Gasteiger partial charge in [-0.15, -0.1) is 0 Å². The van der Waals surface area contributed by atoms with Crippen molar-refractivity contribution in [1.29, 1.82) is 0 Å². The van der Waals surface area contributed by atoms with Crippen LogP contribution in [0.2, 0.25) is 0 Å². The predicted molar refractivity (Wildman–Crippen MR) is 68.3 cm³/mol. The van der Waals surface area contributed by atoms with Crippen molar-refractivity contribution in [2.24, 2.45) is 0 Å². The zero-order valence-electron chi connectivity index (χ0n) is 9.62. The van der Waals surface area contributed by atoms with Gasteiger partial charge >= 0.3 is 0 Å². The van der Waals surface area contributed by atoms with E-state index in [2.05, 4.69) is 15.0 Å². The van der Waals surface area contributed by atoms with Crippen molar-refractivity contribution < 1.29 is 5.11 Å². The first-order valence-corrected chi connectivity index (χ1v) is 6.05. The second kappa shape index (κ2) is 5.19. The highest BCUT2D eigenvalue weighted by Crippen LogP contribution is 2.24. The Morgan fingerprint density at radius 1 is 1.50 bits per heavy atom. The van der Waals surface area contributed by atoms with Crippen molar-refractivity contribution >= 4 is 17.6 Å². The number of aromatic nitrogens is 3. The molecule has 0 amide bonds. The van der Waals surface area contributed by atoms with E-state index in [0.29, 0.717) is 10.9 Å².